The van der Waals surface area contributed by atoms with E-state index in [4.69, 9.17) is 99.5 Å². The number of carbonyl (C=O) groups is 6. The Hall–Kier alpha value is -5.14. The van der Waals surface area contributed by atoms with Gasteiger partial charge >= 0.3 is 5.97 Å². The molecule has 0 spiro atoms. The van der Waals surface area contributed by atoms with Crippen LogP contribution in [0.2, 0.25) is 0 Å². The Labute approximate surface area is 774 Å². The Morgan fingerprint density at radius 3 is 0.942 bits per heavy atom. The van der Waals surface area contributed by atoms with Crippen LogP contribution >= 0.6 is 0 Å². The predicted octanol–water partition coefficient (Wildman–Crippen LogP) is -23.1. The van der Waals surface area contributed by atoms with Gasteiger partial charge < -0.3 is 274 Å². The first-order valence-electron chi connectivity index (χ1n) is 43.5. The molecule has 0 radical (unpaired) electrons. The lowest BCUT2D eigenvalue weighted by Crippen LogP contribution is -2.72. The molecule has 55 atom stereocenters. The van der Waals surface area contributed by atoms with Crippen molar-refractivity contribution in [3.8, 4) is 0 Å². The van der Waals surface area contributed by atoms with Crippen molar-refractivity contribution in [1.29, 1.82) is 0 Å². The van der Waals surface area contributed by atoms with Crippen molar-refractivity contribution in [3.05, 3.63) is 0 Å². The standard InChI is InChI=1S/C76H125N5O56/c1-16-36(94)47(105)52(110)71(119-16)117-14-29-58(44(102)31(66(116)120-29)77-17(2)89)129-69-34(80-20(5)92)45(103)57(27(12-87)126-69)131-74-55(113)61(59(132-67-32(78-18(3)90)42(100)37(95)22(7-82)121-67)30(128-74)15-118-75-63(49(107)39(97)24(9-84)124-75)136-68-33(79-19(4)91)43(101)38(96)23(8-83)122-68)134-76-64(50(108)40(98)25(10-85)125-76)137-70-35(81-21(6)93)46(104)56(28(13-88)127-70)130-73-54(112)60(41(99)26(11-86)123-73)133-72-53(111)48(106)51(109)62(135-72)65(114)115/h16,22-64,66-76,82-88,94-113,116H,7-15H2,1-6H3,(H,77,89)(H,78,90)(H,79,91)(H,80,92)(H,81,93)(H,114,115)/t16-,22-,23-,24-,25-,26-,27-,28-,29-,30-,31-,32-,33-,34-,35-,36+,37-,38-,39-,40-,41+,42-,43-,44-,45-,46-,47+,48+,49+,50+,51+,52-,53-,54-,55+,56-,57-,58-,59-,60+,61-,62+,63+,64+,66+,67+,68+,69-,70-,71+,72-,73-,74-,75+,76-/m1/s1. The van der Waals surface area contributed by atoms with Crippen molar-refractivity contribution in [1.82, 2.24) is 26.6 Å². The first-order chi connectivity index (χ1) is 64.7. The Balaban J connectivity index is 1.00. The zero-order valence-corrected chi connectivity index (χ0v) is 73.6. The molecule has 11 aliphatic heterocycles. The Kier molecular flexibility index (Phi) is 39.9. The zero-order chi connectivity index (χ0) is 101. The summed E-state index contributed by atoms with van der Waals surface area (Å²) in [5, 5.41) is 339. The van der Waals surface area contributed by atoms with E-state index in [1.165, 1.54) is 6.92 Å². The highest BCUT2D eigenvalue weighted by Crippen LogP contribution is 2.43. The monoisotopic (exact) mass is 2000 g/mol. The van der Waals surface area contributed by atoms with E-state index in [0.29, 0.717) is 0 Å². The molecule has 137 heavy (non-hydrogen) atoms. The van der Waals surface area contributed by atoms with E-state index in [1.807, 2.05) is 0 Å². The molecular formula is C76H125N5O56. The SMILES string of the molecule is CC(=O)N[C@@H]1[C@@H](O)[C@H](O[C@H]2O[C@H](CO)[C@@H](O[C@H]3O[C@H](CO[C@H]4O[C@H](CO)[C@@H](O)[C@H](O)[C@@H]4O[C@@H]4O[C@H](CO)[C@@H](O)[C@H](O)[C@H]4NC(C)=O)[C@@H](O[C@@H]4O[C@H](CO)[C@@H](O)[C@H](O)[C@H]4NC(C)=O)[C@H](O[C@H]4O[C@H](CO)[C@@H](O)[C@H](O)[C@@H]4O[C@H]4O[C@H](CO)[C@@H](O[C@H]5O[C@H](CO)[C@H](O)[C@H](O[C@@H]6O[C@H](C(=O)O)[C@@H](O)[C@H](O)[C@H]6O)[C@H]5O)[C@H](O)[C@H]4NC(C)=O)[C@@H]3O)[C@H](O)[C@H]2NC(C)=O)[C@@H](CO[C@H]2O[C@H](C)[C@H](O)[C@H](O)[C@H]2O)O[C@@H]1O. The van der Waals surface area contributed by atoms with Gasteiger partial charge in [0.1, 0.15) is 256 Å². The van der Waals surface area contributed by atoms with E-state index in [9.17, 15) is 177 Å². The van der Waals surface area contributed by atoms with Crippen LogP contribution in [0.25, 0.3) is 0 Å². The van der Waals surface area contributed by atoms with Crippen LogP contribution in [0.15, 0.2) is 0 Å². The molecule has 790 valence electrons. The van der Waals surface area contributed by atoms with Crippen LogP contribution in [0.4, 0.5) is 0 Å². The lowest BCUT2D eigenvalue weighted by atomic mass is 9.93. The van der Waals surface area contributed by atoms with Crippen molar-refractivity contribution in [2.24, 2.45) is 0 Å². The summed E-state index contributed by atoms with van der Waals surface area (Å²) in [6.45, 7) is -5.15. The molecule has 5 amide bonds. The molecule has 0 aromatic rings. The molecule has 0 aliphatic carbocycles. The number of hydrogen-bond donors (Lipinski definition) is 34. The molecule has 61 nitrogen and oxygen atoms in total. The fourth-order valence-electron chi connectivity index (χ4n) is 17.6. The lowest BCUT2D eigenvalue weighted by molar-refractivity contribution is -0.409. The van der Waals surface area contributed by atoms with Crippen molar-refractivity contribution in [3.63, 3.8) is 0 Å². The van der Waals surface area contributed by atoms with E-state index in [0.717, 1.165) is 34.6 Å². The summed E-state index contributed by atoms with van der Waals surface area (Å²) >= 11 is 0. The number of carboxylic acid groups (broad SMARTS) is 1. The summed E-state index contributed by atoms with van der Waals surface area (Å²) < 4.78 is 127. The summed E-state index contributed by atoms with van der Waals surface area (Å²) in [6, 6.07) is -10.1. The van der Waals surface area contributed by atoms with Gasteiger partial charge in [0.15, 0.2) is 75.3 Å². The summed E-state index contributed by atoms with van der Waals surface area (Å²) in [4.78, 5) is 77.5. The Morgan fingerprint density at radius 2 is 0.511 bits per heavy atom. The van der Waals surface area contributed by atoms with Crippen LogP contribution < -0.4 is 26.6 Å². The molecule has 0 saturated carbocycles. The van der Waals surface area contributed by atoms with Gasteiger partial charge in [0.25, 0.3) is 0 Å². The van der Waals surface area contributed by atoms with Crippen LogP contribution in [-0.4, -0.2) is 581 Å². The Morgan fingerprint density at radius 1 is 0.226 bits per heavy atom. The highest BCUT2D eigenvalue weighted by atomic mass is 16.8. The van der Waals surface area contributed by atoms with Gasteiger partial charge in [-0.3, -0.25) is 24.0 Å². The van der Waals surface area contributed by atoms with Gasteiger partial charge in [0.2, 0.25) is 29.5 Å². The number of nitrogens with one attached hydrogen (secondary N) is 5. The molecule has 61 heteroatoms. The fourth-order valence-corrected chi connectivity index (χ4v) is 17.6. The number of aliphatic hydroxyl groups excluding tert-OH is 28. The van der Waals surface area contributed by atoms with E-state index < -0.39 is 432 Å². The fraction of sp³-hybridized carbons (Fsp3) is 0.921. The molecule has 0 bridgehead atoms. The van der Waals surface area contributed by atoms with Crippen molar-refractivity contribution >= 4 is 35.5 Å². The quantitative estimate of drug-likeness (QED) is 0.0280. The van der Waals surface area contributed by atoms with Crippen molar-refractivity contribution < 1.29 is 276 Å². The first kappa shape index (κ1) is 112. The third kappa shape index (κ3) is 25.0. The van der Waals surface area contributed by atoms with Gasteiger partial charge in [-0.15, -0.1) is 0 Å². The molecule has 11 heterocycles. The maximum absolute atomic E-state index is 13.5. The average molecular weight is 2000 g/mol. The first-order valence-corrected chi connectivity index (χ1v) is 43.5. The van der Waals surface area contributed by atoms with Gasteiger partial charge in [-0.05, 0) is 6.92 Å². The molecule has 34 N–H and O–H groups in total. The van der Waals surface area contributed by atoms with Gasteiger partial charge in [-0.2, -0.15) is 0 Å². The molecular weight excluding hydrogens is 1880 g/mol. The second-order valence-electron chi connectivity index (χ2n) is 34.6. The average Bonchev–Trinajstić information content (AvgIpc) is 0.749. The number of aliphatic hydroxyl groups is 28. The van der Waals surface area contributed by atoms with Crippen LogP contribution in [0.1, 0.15) is 41.5 Å². The molecule has 0 aromatic heterocycles. The minimum atomic E-state index is -2.84. The maximum Gasteiger partial charge on any atom is 0.335 e. The van der Waals surface area contributed by atoms with E-state index >= 15 is 0 Å². The van der Waals surface area contributed by atoms with E-state index in [2.05, 4.69) is 26.6 Å². The number of hydrogen-bond acceptors (Lipinski definition) is 55. The second kappa shape index (κ2) is 48.7. The highest BCUT2D eigenvalue weighted by molar-refractivity contribution is 5.75. The summed E-state index contributed by atoms with van der Waals surface area (Å²) in [5.41, 5.74) is 0. The Bertz CT molecular complexity index is 3860. The van der Waals surface area contributed by atoms with Crippen LogP contribution in [0.5, 0.6) is 0 Å². The van der Waals surface area contributed by atoms with Crippen LogP contribution in [-0.2, 0) is 128 Å². The molecule has 11 saturated heterocycles. The van der Waals surface area contributed by atoms with Crippen molar-refractivity contribution in [2.45, 2.75) is 379 Å². The van der Waals surface area contributed by atoms with E-state index in [-0.39, 0.29) is 0 Å². The molecule has 11 aliphatic rings. The number of rotatable bonds is 35. The lowest BCUT2D eigenvalue weighted by Gasteiger charge is -2.52. The van der Waals surface area contributed by atoms with Gasteiger partial charge in [0.05, 0.1) is 65.6 Å². The largest absolute Gasteiger partial charge is 0.479 e. The minimum Gasteiger partial charge on any atom is -0.479 e. The van der Waals surface area contributed by atoms with Crippen molar-refractivity contribution in [2.75, 3.05) is 59.5 Å². The topological polar surface area (TPSA) is 943 Å². The summed E-state index contributed by atoms with van der Waals surface area (Å²) in [5.74, 6) is -6.88. The smallest absolute Gasteiger partial charge is 0.335 e. The molecule has 11 rings (SSSR count). The van der Waals surface area contributed by atoms with Gasteiger partial charge in [-0.1, -0.05) is 0 Å². The molecule has 11 fully saturated rings. The number of aliphatic carboxylic acids is 1. The van der Waals surface area contributed by atoms with Gasteiger partial charge in [-0.25, -0.2) is 4.79 Å². The maximum atomic E-state index is 13.5. The third-order valence-electron chi connectivity index (χ3n) is 24.9. The second-order valence-corrected chi connectivity index (χ2v) is 34.6. The number of ether oxygens (including phenoxy) is 21. The number of amides is 5. The van der Waals surface area contributed by atoms with Crippen LogP contribution in [0.3, 0.4) is 0 Å². The van der Waals surface area contributed by atoms with Gasteiger partial charge in [0, 0.05) is 34.6 Å². The molecule has 0 unspecified atom stereocenters. The zero-order valence-electron chi connectivity index (χ0n) is 73.6. The van der Waals surface area contributed by atoms with Crippen LogP contribution in [0, 0.1) is 0 Å². The van der Waals surface area contributed by atoms with E-state index in [1.54, 1.807) is 0 Å². The minimum absolute atomic E-state index is 0.845. The highest BCUT2D eigenvalue weighted by Gasteiger charge is 2.64. The summed E-state index contributed by atoms with van der Waals surface area (Å²) in [7, 11) is 0. The normalized spacial score (nSPS) is 48.9. The number of carboxylic acids is 1. The predicted molar refractivity (Wildman–Crippen MR) is 419 cm³/mol. The molecule has 0 aromatic carbocycles. The number of carbonyl (C=O) groups excluding carboxylic acids is 5. The summed E-state index contributed by atoms with van der Waals surface area (Å²) in [6.07, 6.45) is -111. The third-order valence-corrected chi connectivity index (χ3v) is 24.9.